The topological polar surface area (TPSA) is 38.7 Å². The van der Waals surface area contributed by atoms with Crippen LogP contribution < -0.4 is 0 Å². The van der Waals surface area contributed by atoms with Gasteiger partial charge in [-0.1, -0.05) is 26.2 Å². The predicted molar refractivity (Wildman–Crippen MR) is 67.0 cm³/mol. The molecule has 2 heterocycles. The summed E-state index contributed by atoms with van der Waals surface area (Å²) in [5, 5.41) is 10.2. The second-order valence-corrected chi connectivity index (χ2v) is 5.65. The van der Waals surface area contributed by atoms with Crippen molar-refractivity contribution < 1.29 is 14.6 Å². The van der Waals surface area contributed by atoms with E-state index in [1.165, 1.54) is 12.8 Å². The summed E-state index contributed by atoms with van der Waals surface area (Å²) in [7, 11) is 0. The number of hydrogen-bond donors (Lipinski definition) is 1. The summed E-state index contributed by atoms with van der Waals surface area (Å²) >= 11 is 0. The molecule has 2 rings (SSSR count). The number of unbranched alkanes of at least 4 members (excludes halogenated alkanes) is 2. The van der Waals surface area contributed by atoms with Gasteiger partial charge in [-0.15, -0.1) is 0 Å². The fraction of sp³-hybridized carbons (Fsp3) is 1.00. The minimum Gasteiger partial charge on any atom is -0.393 e. The summed E-state index contributed by atoms with van der Waals surface area (Å²) in [5.74, 6) is 0.419. The van der Waals surface area contributed by atoms with Gasteiger partial charge < -0.3 is 14.6 Å². The van der Waals surface area contributed by atoms with Gasteiger partial charge in [0, 0.05) is 19.6 Å². The zero-order valence-corrected chi connectivity index (χ0v) is 11.0. The minimum absolute atomic E-state index is 0.0609. The maximum atomic E-state index is 10.2. The SMILES string of the molecule is CCCCCC(O)C1CCOC2(CCOC2)C1. The summed E-state index contributed by atoms with van der Waals surface area (Å²) < 4.78 is 11.4. The first-order chi connectivity index (χ1) is 8.26. The van der Waals surface area contributed by atoms with Crippen molar-refractivity contribution >= 4 is 0 Å². The molecule has 1 spiro atoms. The van der Waals surface area contributed by atoms with Crippen LogP contribution in [0.3, 0.4) is 0 Å². The Labute approximate surface area is 104 Å². The molecule has 0 aromatic heterocycles. The zero-order chi connectivity index (χ0) is 12.1. The number of rotatable bonds is 5. The molecule has 3 heteroatoms. The molecule has 0 aromatic carbocycles. The van der Waals surface area contributed by atoms with E-state index in [0.717, 1.165) is 51.9 Å². The quantitative estimate of drug-likeness (QED) is 0.753. The van der Waals surface area contributed by atoms with Crippen molar-refractivity contribution in [1.29, 1.82) is 0 Å². The van der Waals surface area contributed by atoms with Gasteiger partial charge in [0.05, 0.1) is 18.3 Å². The van der Waals surface area contributed by atoms with Gasteiger partial charge >= 0.3 is 0 Å². The average Bonchev–Trinajstić information content (AvgIpc) is 2.77. The standard InChI is InChI=1S/C14H26O3/c1-2-3-4-5-13(15)12-6-8-17-14(10-12)7-9-16-11-14/h12-13,15H,2-11H2,1H3. The van der Waals surface area contributed by atoms with Crippen LogP contribution in [-0.4, -0.2) is 36.6 Å². The Morgan fingerprint density at radius 1 is 1.35 bits per heavy atom. The van der Waals surface area contributed by atoms with E-state index < -0.39 is 0 Å². The fourth-order valence-corrected chi connectivity index (χ4v) is 3.10. The van der Waals surface area contributed by atoms with Gasteiger partial charge in [-0.3, -0.25) is 0 Å². The Balaban J connectivity index is 1.79. The molecule has 2 saturated heterocycles. The molecule has 0 bridgehead atoms. The molecule has 100 valence electrons. The van der Waals surface area contributed by atoms with Crippen molar-refractivity contribution in [2.75, 3.05) is 19.8 Å². The molecule has 2 fully saturated rings. The van der Waals surface area contributed by atoms with Crippen LogP contribution in [0.4, 0.5) is 0 Å². The van der Waals surface area contributed by atoms with Crippen LogP contribution in [0.15, 0.2) is 0 Å². The van der Waals surface area contributed by atoms with Crippen LogP contribution in [0.2, 0.25) is 0 Å². The molecule has 1 N–H and O–H groups in total. The molecular formula is C14H26O3. The zero-order valence-electron chi connectivity index (χ0n) is 11.0. The molecule has 0 amide bonds. The summed E-state index contributed by atoms with van der Waals surface area (Å²) in [6.07, 6.45) is 7.42. The average molecular weight is 242 g/mol. The Morgan fingerprint density at radius 3 is 2.94 bits per heavy atom. The van der Waals surface area contributed by atoms with Crippen LogP contribution in [0, 0.1) is 5.92 Å². The lowest BCUT2D eigenvalue weighted by molar-refractivity contribution is -0.117. The van der Waals surface area contributed by atoms with E-state index >= 15 is 0 Å². The summed E-state index contributed by atoms with van der Waals surface area (Å²) in [6.45, 7) is 4.54. The van der Waals surface area contributed by atoms with Crippen molar-refractivity contribution in [3.63, 3.8) is 0 Å². The lowest BCUT2D eigenvalue weighted by Crippen LogP contribution is -2.43. The highest BCUT2D eigenvalue weighted by Crippen LogP contribution is 2.37. The van der Waals surface area contributed by atoms with E-state index in [4.69, 9.17) is 9.47 Å². The highest BCUT2D eigenvalue weighted by Gasteiger charge is 2.42. The molecule has 0 aromatic rings. The molecule has 17 heavy (non-hydrogen) atoms. The lowest BCUT2D eigenvalue weighted by atomic mass is 9.81. The predicted octanol–water partition coefficient (Wildman–Crippen LogP) is 2.51. The van der Waals surface area contributed by atoms with E-state index in [2.05, 4.69) is 6.92 Å². The maximum Gasteiger partial charge on any atom is 0.0940 e. The van der Waals surface area contributed by atoms with Crippen molar-refractivity contribution in [1.82, 2.24) is 0 Å². The first kappa shape index (κ1) is 13.3. The fourth-order valence-electron chi connectivity index (χ4n) is 3.10. The Hall–Kier alpha value is -0.120. The molecule has 2 aliphatic heterocycles. The van der Waals surface area contributed by atoms with Crippen LogP contribution in [0.25, 0.3) is 0 Å². The Bertz CT molecular complexity index is 224. The van der Waals surface area contributed by atoms with Crippen LogP contribution in [-0.2, 0) is 9.47 Å². The summed E-state index contributed by atoms with van der Waals surface area (Å²) in [6, 6.07) is 0. The molecule has 3 atom stereocenters. The Kier molecular flexibility index (Phi) is 4.83. The van der Waals surface area contributed by atoms with Gasteiger partial charge in [-0.25, -0.2) is 0 Å². The summed E-state index contributed by atoms with van der Waals surface area (Å²) in [4.78, 5) is 0. The third kappa shape index (κ3) is 3.43. The minimum atomic E-state index is -0.136. The van der Waals surface area contributed by atoms with Gasteiger partial charge in [0.15, 0.2) is 0 Å². The molecule has 0 saturated carbocycles. The van der Waals surface area contributed by atoms with Crippen LogP contribution >= 0.6 is 0 Å². The number of aliphatic hydroxyl groups is 1. The molecule has 2 aliphatic rings. The lowest BCUT2D eigenvalue weighted by Gasteiger charge is -2.39. The van der Waals surface area contributed by atoms with Crippen molar-refractivity contribution in [3.8, 4) is 0 Å². The van der Waals surface area contributed by atoms with Crippen molar-refractivity contribution in [2.24, 2.45) is 5.92 Å². The van der Waals surface area contributed by atoms with Gasteiger partial charge in [0.25, 0.3) is 0 Å². The van der Waals surface area contributed by atoms with Gasteiger partial charge in [-0.05, 0) is 25.2 Å². The molecular weight excluding hydrogens is 216 g/mol. The number of aliphatic hydroxyl groups excluding tert-OH is 1. The second kappa shape index (κ2) is 6.17. The van der Waals surface area contributed by atoms with E-state index in [0.29, 0.717) is 5.92 Å². The maximum absolute atomic E-state index is 10.2. The monoisotopic (exact) mass is 242 g/mol. The van der Waals surface area contributed by atoms with Crippen molar-refractivity contribution in [2.45, 2.75) is 63.6 Å². The van der Waals surface area contributed by atoms with E-state index in [1.54, 1.807) is 0 Å². The van der Waals surface area contributed by atoms with Crippen LogP contribution in [0.5, 0.6) is 0 Å². The van der Waals surface area contributed by atoms with E-state index in [-0.39, 0.29) is 11.7 Å². The highest BCUT2D eigenvalue weighted by atomic mass is 16.6. The molecule has 3 unspecified atom stereocenters. The van der Waals surface area contributed by atoms with E-state index in [1.807, 2.05) is 0 Å². The smallest absolute Gasteiger partial charge is 0.0940 e. The second-order valence-electron chi connectivity index (χ2n) is 5.65. The summed E-state index contributed by atoms with van der Waals surface area (Å²) in [5.41, 5.74) is -0.0609. The third-order valence-corrected chi connectivity index (χ3v) is 4.25. The third-order valence-electron chi connectivity index (χ3n) is 4.25. The molecule has 0 radical (unpaired) electrons. The largest absolute Gasteiger partial charge is 0.393 e. The normalized spacial score (nSPS) is 35.3. The highest BCUT2D eigenvalue weighted by molar-refractivity contribution is 4.92. The first-order valence-corrected chi connectivity index (χ1v) is 7.15. The number of ether oxygens (including phenoxy) is 2. The van der Waals surface area contributed by atoms with Crippen LogP contribution in [0.1, 0.15) is 51.9 Å². The van der Waals surface area contributed by atoms with E-state index in [9.17, 15) is 5.11 Å². The Morgan fingerprint density at radius 2 is 2.24 bits per heavy atom. The van der Waals surface area contributed by atoms with Gasteiger partial charge in [-0.2, -0.15) is 0 Å². The van der Waals surface area contributed by atoms with Gasteiger partial charge in [0.1, 0.15) is 0 Å². The van der Waals surface area contributed by atoms with Crippen molar-refractivity contribution in [3.05, 3.63) is 0 Å². The number of hydrogen-bond acceptors (Lipinski definition) is 3. The first-order valence-electron chi connectivity index (χ1n) is 7.15. The molecule has 0 aliphatic carbocycles. The molecule has 3 nitrogen and oxygen atoms in total. The van der Waals surface area contributed by atoms with Gasteiger partial charge in [0.2, 0.25) is 0 Å².